The first-order valence-electron chi connectivity index (χ1n) is 6.53. The van der Waals surface area contributed by atoms with E-state index in [0.717, 1.165) is 29.8 Å². The Balaban J connectivity index is 1.81. The molecule has 3 rings (SSSR count). The van der Waals surface area contributed by atoms with Crippen molar-refractivity contribution in [3.8, 4) is 0 Å². The van der Waals surface area contributed by atoms with Gasteiger partial charge in [-0.2, -0.15) is 0 Å². The Morgan fingerprint density at radius 2 is 2.05 bits per heavy atom. The van der Waals surface area contributed by atoms with Crippen molar-refractivity contribution in [1.29, 1.82) is 0 Å². The van der Waals surface area contributed by atoms with Crippen molar-refractivity contribution < 1.29 is 4.21 Å². The number of anilines is 1. The maximum absolute atomic E-state index is 12.3. The molecule has 5 heteroatoms. The van der Waals surface area contributed by atoms with Gasteiger partial charge in [-0.15, -0.1) is 0 Å². The third kappa shape index (κ3) is 2.56. The molecule has 4 nitrogen and oxygen atoms in total. The molecule has 1 aromatic carbocycles. The minimum atomic E-state index is -1.16. The van der Waals surface area contributed by atoms with Crippen LogP contribution in [0.2, 0.25) is 0 Å². The molecular weight excluding hydrogens is 258 g/mol. The molecule has 3 N–H and O–H groups in total. The molecule has 1 atom stereocenters. The number of nitrogens with zero attached hydrogens (tertiary/aromatic N) is 1. The Morgan fingerprint density at radius 1 is 1.26 bits per heavy atom. The fourth-order valence-electron chi connectivity index (χ4n) is 2.41. The van der Waals surface area contributed by atoms with Crippen LogP contribution in [-0.4, -0.2) is 14.2 Å². The lowest BCUT2D eigenvalue weighted by molar-refractivity contribution is 0.667. The molecule has 0 saturated carbocycles. The third-order valence-electron chi connectivity index (χ3n) is 3.49. The quantitative estimate of drug-likeness (QED) is 0.843. The zero-order valence-corrected chi connectivity index (χ0v) is 11.5. The predicted molar refractivity (Wildman–Crippen MR) is 76.2 cm³/mol. The lowest BCUT2D eigenvalue weighted by Gasteiger charge is -2.07. The maximum atomic E-state index is 12.3. The van der Waals surface area contributed by atoms with Crippen molar-refractivity contribution in [2.75, 3.05) is 5.73 Å². The monoisotopic (exact) mass is 275 g/mol. The largest absolute Gasteiger partial charge is 0.398 e. The van der Waals surface area contributed by atoms with E-state index in [9.17, 15) is 4.21 Å². The number of H-pyrrole nitrogens is 1. The summed E-state index contributed by atoms with van der Waals surface area (Å²) in [7, 11) is -1.16. The first kappa shape index (κ1) is 12.4. The van der Waals surface area contributed by atoms with E-state index in [4.69, 9.17) is 5.73 Å². The molecule has 0 radical (unpaired) electrons. The maximum Gasteiger partial charge on any atom is 0.197 e. The molecule has 1 unspecified atom stereocenters. The zero-order chi connectivity index (χ0) is 13.2. The number of benzene rings is 1. The molecule has 0 fully saturated rings. The lowest BCUT2D eigenvalue weighted by atomic mass is 10.0. The highest BCUT2D eigenvalue weighted by Gasteiger charge is 2.18. The lowest BCUT2D eigenvalue weighted by Crippen LogP contribution is -2.01. The van der Waals surface area contributed by atoms with Crippen LogP contribution in [0.5, 0.6) is 0 Å². The summed E-state index contributed by atoms with van der Waals surface area (Å²) in [6.45, 7) is 0. The van der Waals surface area contributed by atoms with E-state index in [1.807, 2.05) is 24.3 Å². The molecule has 0 aliphatic heterocycles. The van der Waals surface area contributed by atoms with Crippen LogP contribution in [0.3, 0.4) is 0 Å². The Kier molecular flexibility index (Phi) is 3.38. The zero-order valence-electron chi connectivity index (χ0n) is 10.7. The van der Waals surface area contributed by atoms with E-state index in [1.54, 1.807) is 0 Å². The van der Waals surface area contributed by atoms with Crippen LogP contribution in [0.25, 0.3) is 0 Å². The van der Waals surface area contributed by atoms with Gasteiger partial charge in [0.15, 0.2) is 5.16 Å². The molecule has 1 aromatic heterocycles. The van der Waals surface area contributed by atoms with Crippen LogP contribution in [0.1, 0.15) is 29.8 Å². The molecule has 1 aliphatic carbocycles. The number of imidazole rings is 1. The topological polar surface area (TPSA) is 71.8 Å². The molecule has 0 saturated heterocycles. The second-order valence-electron chi connectivity index (χ2n) is 4.86. The summed E-state index contributed by atoms with van der Waals surface area (Å²) in [6, 6.07) is 7.54. The number of nitrogens with one attached hydrogen (secondary N) is 1. The molecule has 0 amide bonds. The van der Waals surface area contributed by atoms with E-state index < -0.39 is 10.8 Å². The number of fused-ring (bicyclic) bond motifs is 1. The van der Waals surface area contributed by atoms with Gasteiger partial charge in [0.2, 0.25) is 0 Å². The van der Waals surface area contributed by atoms with E-state index in [1.165, 1.54) is 12.8 Å². The highest BCUT2D eigenvalue weighted by Crippen LogP contribution is 2.21. The van der Waals surface area contributed by atoms with Crippen LogP contribution in [0.15, 0.2) is 29.4 Å². The summed E-state index contributed by atoms with van der Waals surface area (Å²) >= 11 is 0. The fraction of sp³-hybridized carbons (Fsp3) is 0.357. The molecule has 1 heterocycles. The standard InChI is InChI=1S/C14H17N3OS/c15-11-6-2-1-5-10(11)9-19(18)14-16-12-7-3-4-8-13(12)17-14/h1-2,5-6H,3-4,7-9,15H2,(H,16,17). The minimum absolute atomic E-state index is 0.416. The van der Waals surface area contributed by atoms with Gasteiger partial charge in [0.05, 0.1) is 22.2 Å². The molecule has 1 aliphatic rings. The number of aryl methyl sites for hydroxylation is 2. The number of aromatic nitrogens is 2. The molecular formula is C14H17N3OS. The van der Waals surface area contributed by atoms with Crippen molar-refractivity contribution in [2.45, 2.75) is 36.6 Å². The van der Waals surface area contributed by atoms with E-state index in [-0.39, 0.29) is 0 Å². The van der Waals surface area contributed by atoms with Gasteiger partial charge in [0.25, 0.3) is 0 Å². The van der Waals surface area contributed by atoms with Gasteiger partial charge >= 0.3 is 0 Å². The van der Waals surface area contributed by atoms with Crippen LogP contribution >= 0.6 is 0 Å². The smallest absolute Gasteiger partial charge is 0.197 e. The van der Waals surface area contributed by atoms with Crippen LogP contribution in [0, 0.1) is 0 Å². The Labute approximate surface area is 114 Å². The number of hydrogen-bond acceptors (Lipinski definition) is 3. The average Bonchev–Trinajstić information content (AvgIpc) is 2.85. The summed E-state index contributed by atoms with van der Waals surface area (Å²) in [5.41, 5.74) is 9.73. The Hall–Kier alpha value is -1.62. The van der Waals surface area contributed by atoms with Crippen molar-refractivity contribution >= 4 is 16.5 Å². The average molecular weight is 275 g/mol. The minimum Gasteiger partial charge on any atom is -0.398 e. The SMILES string of the molecule is Nc1ccccc1CS(=O)c1nc2c([nH]1)CCCC2. The number of nitrogens with two attached hydrogens (primary N) is 1. The van der Waals surface area contributed by atoms with Gasteiger partial charge < -0.3 is 10.7 Å². The van der Waals surface area contributed by atoms with Gasteiger partial charge in [-0.25, -0.2) is 4.98 Å². The second kappa shape index (κ2) is 5.17. The fourth-order valence-corrected chi connectivity index (χ4v) is 3.54. The van der Waals surface area contributed by atoms with Crippen molar-refractivity contribution in [1.82, 2.24) is 9.97 Å². The number of nitrogen functional groups attached to an aromatic ring is 1. The number of para-hydroxylation sites is 1. The van der Waals surface area contributed by atoms with Gasteiger partial charge in [0.1, 0.15) is 0 Å². The van der Waals surface area contributed by atoms with Gasteiger partial charge in [0, 0.05) is 11.4 Å². The van der Waals surface area contributed by atoms with E-state index >= 15 is 0 Å². The molecule has 2 aromatic rings. The number of hydrogen-bond donors (Lipinski definition) is 2. The van der Waals surface area contributed by atoms with Gasteiger partial charge in [-0.1, -0.05) is 18.2 Å². The predicted octanol–water partition coefficient (Wildman–Crippen LogP) is 2.18. The Bertz CT molecular complexity index is 597. The molecule has 0 spiro atoms. The van der Waals surface area contributed by atoms with Crippen molar-refractivity contribution in [2.24, 2.45) is 0 Å². The first-order chi connectivity index (χ1) is 9.24. The summed E-state index contributed by atoms with van der Waals surface area (Å²) in [4.78, 5) is 7.70. The van der Waals surface area contributed by atoms with Crippen molar-refractivity contribution in [3.63, 3.8) is 0 Å². The molecule has 0 bridgehead atoms. The summed E-state index contributed by atoms with van der Waals surface area (Å²) in [5, 5.41) is 0.593. The number of rotatable bonds is 3. The van der Waals surface area contributed by atoms with Gasteiger partial charge in [-0.05, 0) is 37.3 Å². The van der Waals surface area contributed by atoms with Crippen LogP contribution < -0.4 is 5.73 Å². The highest BCUT2D eigenvalue weighted by atomic mass is 32.2. The van der Waals surface area contributed by atoms with E-state index in [0.29, 0.717) is 16.6 Å². The van der Waals surface area contributed by atoms with Crippen molar-refractivity contribution in [3.05, 3.63) is 41.2 Å². The van der Waals surface area contributed by atoms with E-state index in [2.05, 4.69) is 9.97 Å². The first-order valence-corrected chi connectivity index (χ1v) is 7.85. The summed E-state index contributed by atoms with van der Waals surface area (Å²) in [6.07, 6.45) is 4.38. The number of aromatic amines is 1. The third-order valence-corrected chi connectivity index (χ3v) is 4.69. The molecule has 100 valence electrons. The van der Waals surface area contributed by atoms with Gasteiger partial charge in [-0.3, -0.25) is 4.21 Å². The Morgan fingerprint density at radius 3 is 2.84 bits per heavy atom. The van der Waals surface area contributed by atoms with Crippen LogP contribution in [0.4, 0.5) is 5.69 Å². The molecule has 19 heavy (non-hydrogen) atoms. The summed E-state index contributed by atoms with van der Waals surface area (Å²) < 4.78 is 12.3. The second-order valence-corrected chi connectivity index (χ2v) is 6.23. The normalized spacial score (nSPS) is 16.0. The highest BCUT2D eigenvalue weighted by molar-refractivity contribution is 7.84. The summed E-state index contributed by atoms with van der Waals surface area (Å²) in [5.74, 6) is 0.416. The van der Waals surface area contributed by atoms with Crippen LogP contribution in [-0.2, 0) is 29.4 Å².